The zero-order chi connectivity index (χ0) is 9.97. The van der Waals surface area contributed by atoms with Crippen molar-refractivity contribution >= 4 is 12.4 Å². The molecule has 1 aliphatic heterocycles. The molecule has 0 aromatic carbocycles. The third-order valence-electron chi connectivity index (χ3n) is 2.41. The maximum atomic E-state index is 5.45. The molecule has 0 radical (unpaired) electrons. The fourth-order valence-corrected chi connectivity index (χ4v) is 1.56. The van der Waals surface area contributed by atoms with Crippen LogP contribution in [0.3, 0.4) is 0 Å². The number of halogens is 1. The number of hydrogen-bond acceptors (Lipinski definition) is 5. The van der Waals surface area contributed by atoms with Crippen LogP contribution in [0.25, 0.3) is 0 Å². The van der Waals surface area contributed by atoms with Crippen LogP contribution in [0, 0.1) is 0 Å². The van der Waals surface area contributed by atoms with Gasteiger partial charge in [-0.05, 0) is 0 Å². The van der Waals surface area contributed by atoms with Gasteiger partial charge in [0.15, 0.2) is 0 Å². The van der Waals surface area contributed by atoms with Gasteiger partial charge < -0.3 is 15.2 Å². The summed E-state index contributed by atoms with van der Waals surface area (Å²) in [6.07, 6.45) is 1.90. The van der Waals surface area contributed by atoms with Crippen molar-refractivity contribution < 1.29 is 9.47 Å². The van der Waals surface area contributed by atoms with Crippen LogP contribution in [0.15, 0.2) is 6.20 Å². The van der Waals surface area contributed by atoms with Gasteiger partial charge in [0.1, 0.15) is 12.1 Å². The summed E-state index contributed by atoms with van der Waals surface area (Å²) in [5.41, 5.74) is 6.23. The molecule has 86 valence electrons. The number of hydrogen-bond donors (Lipinski definition) is 1. The lowest BCUT2D eigenvalue weighted by molar-refractivity contribution is 0.0661. The minimum absolute atomic E-state index is 0. The monoisotopic (exact) mass is 234 g/mol. The highest BCUT2D eigenvalue weighted by Crippen LogP contribution is 2.20. The van der Waals surface area contributed by atoms with E-state index in [1.54, 1.807) is 11.8 Å². The molecule has 1 aromatic heterocycles. The van der Waals surface area contributed by atoms with Crippen molar-refractivity contribution in [1.29, 1.82) is 0 Å². The van der Waals surface area contributed by atoms with E-state index in [0.717, 1.165) is 5.69 Å². The molecule has 0 saturated carbocycles. The molecule has 2 rings (SSSR count). The third-order valence-corrected chi connectivity index (χ3v) is 2.41. The Morgan fingerprint density at radius 1 is 1.67 bits per heavy atom. The second-order valence-corrected chi connectivity index (χ2v) is 3.27. The lowest BCUT2D eigenvalue weighted by Crippen LogP contribution is -2.24. The van der Waals surface area contributed by atoms with E-state index >= 15 is 0 Å². The first kappa shape index (κ1) is 12.4. The van der Waals surface area contributed by atoms with Gasteiger partial charge in [0.25, 0.3) is 0 Å². The van der Waals surface area contributed by atoms with Crippen LogP contribution < -0.4 is 5.73 Å². The number of rotatable bonds is 3. The van der Waals surface area contributed by atoms with Crippen LogP contribution in [0.5, 0.6) is 0 Å². The Balaban J connectivity index is 0.00000112. The van der Waals surface area contributed by atoms with Crippen LogP contribution in [-0.2, 0) is 16.0 Å². The topological polar surface area (TPSA) is 75.2 Å². The van der Waals surface area contributed by atoms with Crippen molar-refractivity contribution in [2.24, 2.45) is 5.73 Å². The van der Waals surface area contributed by atoms with Gasteiger partial charge in [-0.2, -0.15) is 0 Å². The quantitative estimate of drug-likeness (QED) is 0.780. The molecular formula is C8H15ClN4O2. The predicted molar refractivity (Wildman–Crippen MR) is 55.8 cm³/mol. The van der Waals surface area contributed by atoms with E-state index in [1.165, 1.54) is 0 Å². The summed E-state index contributed by atoms with van der Waals surface area (Å²) in [7, 11) is 1.67. The van der Waals surface area contributed by atoms with Gasteiger partial charge in [0.05, 0.1) is 25.1 Å². The predicted octanol–water partition coefficient (Wildman–Crippen LogP) is -0.255. The van der Waals surface area contributed by atoms with E-state index in [4.69, 9.17) is 15.2 Å². The molecule has 0 bridgehead atoms. The average molecular weight is 235 g/mol. The molecule has 1 fully saturated rings. The van der Waals surface area contributed by atoms with E-state index in [2.05, 4.69) is 10.3 Å². The molecule has 1 aromatic rings. The van der Waals surface area contributed by atoms with Gasteiger partial charge in [-0.3, -0.25) is 0 Å². The second kappa shape index (κ2) is 5.41. The minimum atomic E-state index is 0. The first-order valence-corrected chi connectivity index (χ1v) is 4.56. The minimum Gasteiger partial charge on any atom is -0.377 e. The molecule has 2 heterocycles. The van der Waals surface area contributed by atoms with Crippen LogP contribution >= 0.6 is 12.4 Å². The SMILES string of the molecule is CO[C@@H]1COC[C@H]1n1cc(CN)nn1.Cl. The van der Waals surface area contributed by atoms with Crippen molar-refractivity contribution in [2.75, 3.05) is 20.3 Å². The molecular weight excluding hydrogens is 220 g/mol. The van der Waals surface area contributed by atoms with Crippen LogP contribution in [0.1, 0.15) is 11.7 Å². The van der Waals surface area contributed by atoms with Gasteiger partial charge in [-0.1, -0.05) is 5.21 Å². The summed E-state index contributed by atoms with van der Waals surface area (Å²) in [5, 5.41) is 7.92. The average Bonchev–Trinajstić information content (AvgIpc) is 2.85. The molecule has 1 aliphatic rings. The Labute approximate surface area is 94.1 Å². The molecule has 6 nitrogen and oxygen atoms in total. The highest BCUT2D eigenvalue weighted by Gasteiger charge is 2.30. The Kier molecular flexibility index (Phi) is 4.46. The van der Waals surface area contributed by atoms with E-state index in [-0.39, 0.29) is 24.6 Å². The maximum Gasteiger partial charge on any atom is 0.105 e. The van der Waals surface area contributed by atoms with Crippen molar-refractivity contribution in [3.63, 3.8) is 0 Å². The van der Waals surface area contributed by atoms with Crippen molar-refractivity contribution in [1.82, 2.24) is 15.0 Å². The summed E-state index contributed by atoms with van der Waals surface area (Å²) >= 11 is 0. The van der Waals surface area contributed by atoms with Crippen molar-refractivity contribution in [3.8, 4) is 0 Å². The molecule has 7 heteroatoms. The summed E-state index contributed by atoms with van der Waals surface area (Å²) in [6, 6.07) is 0.118. The van der Waals surface area contributed by atoms with E-state index < -0.39 is 0 Å². The molecule has 2 atom stereocenters. The molecule has 0 spiro atoms. The third kappa shape index (κ3) is 2.46. The van der Waals surface area contributed by atoms with Gasteiger partial charge in [-0.15, -0.1) is 17.5 Å². The molecule has 0 aliphatic carbocycles. The number of methoxy groups -OCH3 is 1. The normalized spacial score (nSPS) is 25.2. The van der Waals surface area contributed by atoms with Gasteiger partial charge >= 0.3 is 0 Å². The largest absolute Gasteiger partial charge is 0.377 e. The Hall–Kier alpha value is -0.690. The van der Waals surface area contributed by atoms with Crippen LogP contribution in [0.4, 0.5) is 0 Å². The van der Waals surface area contributed by atoms with E-state index in [9.17, 15) is 0 Å². The number of nitrogens with two attached hydrogens (primary N) is 1. The zero-order valence-corrected chi connectivity index (χ0v) is 9.31. The van der Waals surface area contributed by atoms with Crippen LogP contribution in [-0.4, -0.2) is 41.4 Å². The number of aromatic nitrogens is 3. The van der Waals surface area contributed by atoms with Gasteiger partial charge in [0.2, 0.25) is 0 Å². The highest BCUT2D eigenvalue weighted by atomic mass is 35.5. The molecule has 0 unspecified atom stereocenters. The zero-order valence-electron chi connectivity index (χ0n) is 8.50. The standard InChI is InChI=1S/C8H14N4O2.ClH/c1-13-8-5-14-4-7(8)12-3-6(2-9)10-11-12;/h3,7-8H,2,4-5,9H2,1H3;1H/t7-,8-;/m1./s1. The Morgan fingerprint density at radius 3 is 3.07 bits per heavy atom. The molecule has 2 N–H and O–H groups in total. The lowest BCUT2D eigenvalue weighted by atomic mass is 10.2. The van der Waals surface area contributed by atoms with Gasteiger partial charge in [0, 0.05) is 13.7 Å². The number of nitrogens with zero attached hydrogens (tertiary/aromatic N) is 3. The smallest absolute Gasteiger partial charge is 0.105 e. The summed E-state index contributed by atoms with van der Waals surface area (Å²) in [5.74, 6) is 0. The Bertz CT molecular complexity index is 307. The number of ether oxygens (including phenoxy) is 2. The first-order chi connectivity index (χ1) is 6.85. The maximum absolute atomic E-state index is 5.45. The molecule has 1 saturated heterocycles. The van der Waals surface area contributed by atoms with Gasteiger partial charge in [-0.25, -0.2) is 4.68 Å². The van der Waals surface area contributed by atoms with Crippen molar-refractivity contribution in [2.45, 2.75) is 18.7 Å². The molecule has 15 heavy (non-hydrogen) atoms. The van der Waals surface area contributed by atoms with E-state index in [1.807, 2.05) is 6.20 Å². The fraction of sp³-hybridized carbons (Fsp3) is 0.750. The van der Waals surface area contributed by atoms with Crippen molar-refractivity contribution in [3.05, 3.63) is 11.9 Å². The second-order valence-electron chi connectivity index (χ2n) is 3.27. The summed E-state index contributed by atoms with van der Waals surface area (Å²) in [4.78, 5) is 0. The molecule has 0 amide bonds. The lowest BCUT2D eigenvalue weighted by Gasteiger charge is -2.15. The van der Waals surface area contributed by atoms with E-state index in [0.29, 0.717) is 19.8 Å². The summed E-state index contributed by atoms with van der Waals surface area (Å²) in [6.45, 7) is 1.64. The first-order valence-electron chi connectivity index (χ1n) is 4.56. The Morgan fingerprint density at radius 2 is 2.47 bits per heavy atom. The highest BCUT2D eigenvalue weighted by molar-refractivity contribution is 5.85. The van der Waals surface area contributed by atoms with Crippen LogP contribution in [0.2, 0.25) is 0 Å². The fourth-order valence-electron chi connectivity index (χ4n) is 1.56. The summed E-state index contributed by atoms with van der Waals surface area (Å²) < 4.78 is 12.4.